The fraction of sp³-hybridized carbons (Fsp3) is 0.500. The predicted molar refractivity (Wildman–Crippen MR) is 100 cm³/mol. The number of hydrogen-bond acceptors (Lipinski definition) is 6. The van der Waals surface area contributed by atoms with Crippen LogP contribution in [0.4, 0.5) is 0 Å². The predicted octanol–water partition coefficient (Wildman–Crippen LogP) is 3.64. The second-order valence-electron chi connectivity index (χ2n) is 4.76. The van der Waals surface area contributed by atoms with Crippen molar-refractivity contribution in [1.82, 2.24) is 4.37 Å². The molecule has 6 nitrogen and oxygen atoms in total. The summed E-state index contributed by atoms with van der Waals surface area (Å²) in [5, 5.41) is 10.6. The molecule has 0 bridgehead atoms. The molecular weight excluding hydrogens is 348 g/mol. The van der Waals surface area contributed by atoms with Gasteiger partial charge in [0.1, 0.15) is 4.88 Å². The molecule has 0 aromatic carbocycles. The number of aromatic nitrogens is 1. The molecule has 0 aliphatic carbocycles. The van der Waals surface area contributed by atoms with Gasteiger partial charge in [0.2, 0.25) is 0 Å². The minimum absolute atomic E-state index is 0.269. The molecule has 8 heteroatoms. The second kappa shape index (κ2) is 10.2. The van der Waals surface area contributed by atoms with E-state index in [1.807, 2.05) is 20.8 Å². The average molecular weight is 373 g/mol. The maximum atomic E-state index is 11.1. The maximum absolute atomic E-state index is 11.1. The minimum atomic E-state index is -0.839. The van der Waals surface area contributed by atoms with Crippen molar-refractivity contribution in [2.75, 3.05) is 12.4 Å². The molecule has 1 aliphatic heterocycles. The van der Waals surface area contributed by atoms with Crippen molar-refractivity contribution in [3.63, 3.8) is 0 Å². The van der Waals surface area contributed by atoms with E-state index in [2.05, 4.69) is 8.77 Å². The number of hydrogen-bond donors (Lipinski definition) is 2. The largest absolute Gasteiger partial charge is 0.478 e. The van der Waals surface area contributed by atoms with Gasteiger partial charge in [-0.25, -0.2) is 14.0 Å². The van der Waals surface area contributed by atoms with E-state index in [0.29, 0.717) is 17.1 Å². The first-order chi connectivity index (χ1) is 11.5. The van der Waals surface area contributed by atoms with Crippen LogP contribution < -0.4 is 0 Å². The van der Waals surface area contributed by atoms with Crippen molar-refractivity contribution in [2.24, 2.45) is 4.40 Å². The van der Waals surface area contributed by atoms with Crippen LogP contribution in [0.2, 0.25) is 0 Å². The summed E-state index contributed by atoms with van der Waals surface area (Å²) in [5.41, 5.74) is 2.13. The van der Waals surface area contributed by atoms with Crippen LogP contribution in [0.25, 0.3) is 0 Å². The third kappa shape index (κ3) is 5.76. The Labute approximate surface area is 149 Å². The Morgan fingerprint density at radius 2 is 1.96 bits per heavy atom. The van der Waals surface area contributed by atoms with Gasteiger partial charge in [-0.05, 0) is 48.5 Å². The van der Waals surface area contributed by atoms with Gasteiger partial charge in [-0.2, -0.15) is 4.37 Å². The fourth-order valence-electron chi connectivity index (χ4n) is 1.84. The molecule has 0 saturated heterocycles. The highest BCUT2D eigenvalue weighted by molar-refractivity contribution is 8.18. The number of carbonyl (C=O) groups excluding carboxylic acids is 1. The number of carboxylic acid groups (broad SMARTS) is 1. The molecule has 1 aromatic rings. The first kappa shape index (κ1) is 20.4. The smallest absolute Gasteiger partial charge is 0.349 e. The van der Waals surface area contributed by atoms with Crippen molar-refractivity contribution >= 4 is 40.3 Å². The summed E-state index contributed by atoms with van der Waals surface area (Å²) in [6.45, 7) is 8.18. The molecule has 0 spiro atoms. The number of rotatable bonds is 6. The van der Waals surface area contributed by atoms with Crippen LogP contribution >= 0.6 is 22.6 Å². The van der Waals surface area contributed by atoms with Gasteiger partial charge in [0.15, 0.2) is 0 Å². The topological polar surface area (TPSA) is 88.9 Å². The summed E-state index contributed by atoms with van der Waals surface area (Å²) in [6, 6.07) is 1.78. The van der Waals surface area contributed by atoms with E-state index in [-0.39, 0.29) is 5.97 Å². The lowest BCUT2D eigenvalue weighted by molar-refractivity contribution is -0.132. The Hall–Kier alpha value is -1.67. The van der Waals surface area contributed by atoms with Crippen LogP contribution in [0.3, 0.4) is 0 Å². The quantitative estimate of drug-likeness (QED) is 0.588. The highest BCUT2D eigenvalue weighted by Crippen LogP contribution is 2.36. The van der Waals surface area contributed by atoms with Gasteiger partial charge in [-0.15, -0.1) is 11.1 Å². The molecule has 1 N–H and O–H groups in total. The summed E-state index contributed by atoms with van der Waals surface area (Å²) < 4.78 is 13.2. The van der Waals surface area contributed by atoms with Crippen molar-refractivity contribution in [2.45, 2.75) is 40.5 Å². The Bertz CT molecular complexity index is 638. The number of aliphatic carboxylic acids is 1. The molecule has 0 amide bonds. The lowest BCUT2D eigenvalue weighted by Gasteiger charge is -2.01. The van der Waals surface area contributed by atoms with Crippen molar-refractivity contribution in [3.8, 4) is 0 Å². The van der Waals surface area contributed by atoms with E-state index < -0.39 is 17.1 Å². The molecule has 0 fully saturated rings. The number of nitrogens with zero attached hydrogens (tertiary/aromatic N) is 2. The van der Waals surface area contributed by atoms with Crippen LogP contribution in [-0.4, -0.2) is 39.5 Å². The van der Waals surface area contributed by atoms with Crippen LogP contribution in [0.5, 0.6) is 0 Å². The zero-order valence-electron chi connectivity index (χ0n) is 14.4. The first-order valence-electron chi connectivity index (χ1n) is 7.88. The number of carboxylic acids is 1. The molecule has 1 aromatic heterocycles. The van der Waals surface area contributed by atoms with Gasteiger partial charge in [0, 0.05) is 0 Å². The van der Waals surface area contributed by atoms with Gasteiger partial charge < -0.3 is 9.84 Å². The van der Waals surface area contributed by atoms with E-state index >= 15 is 0 Å². The highest BCUT2D eigenvalue weighted by Gasteiger charge is 2.20. The normalized spacial score (nSPS) is 17.4. The number of aryl methyl sites for hydroxylation is 1. The van der Waals surface area contributed by atoms with Crippen molar-refractivity contribution < 1.29 is 19.4 Å². The molecule has 24 heavy (non-hydrogen) atoms. The van der Waals surface area contributed by atoms with Crippen LogP contribution in [0.15, 0.2) is 21.4 Å². The lowest BCUT2D eigenvalue weighted by atomic mass is 10.1. The summed E-state index contributed by atoms with van der Waals surface area (Å²) in [4.78, 5) is 22.4. The van der Waals surface area contributed by atoms with Gasteiger partial charge in [0.25, 0.3) is 0 Å². The van der Waals surface area contributed by atoms with E-state index in [0.717, 1.165) is 30.0 Å². The highest BCUT2D eigenvalue weighted by atomic mass is 32.2. The SMILES string of the molecule is CCC1=N[SH](CC)C=C1C(=O)O.CCOC(=O)c1cc(CC)ns1. The monoisotopic (exact) mass is 372 g/mol. The third-order valence-electron chi connectivity index (χ3n) is 3.13. The van der Waals surface area contributed by atoms with Crippen molar-refractivity contribution in [3.05, 3.63) is 27.6 Å². The van der Waals surface area contributed by atoms with Gasteiger partial charge >= 0.3 is 11.9 Å². The van der Waals surface area contributed by atoms with Crippen molar-refractivity contribution in [1.29, 1.82) is 0 Å². The number of carbonyl (C=O) groups is 2. The zero-order valence-corrected chi connectivity index (χ0v) is 16.1. The van der Waals surface area contributed by atoms with Crippen LogP contribution in [-0.2, 0) is 16.0 Å². The van der Waals surface area contributed by atoms with Gasteiger partial charge in [0.05, 0.1) is 23.6 Å². The Balaban J connectivity index is 0.000000240. The average Bonchev–Trinajstić information content (AvgIpc) is 3.22. The minimum Gasteiger partial charge on any atom is -0.478 e. The maximum Gasteiger partial charge on any atom is 0.349 e. The Morgan fingerprint density at radius 3 is 2.38 bits per heavy atom. The molecule has 2 heterocycles. The third-order valence-corrected chi connectivity index (χ3v) is 5.63. The van der Waals surface area contributed by atoms with E-state index in [9.17, 15) is 9.59 Å². The molecular formula is C16H24N2O4S2. The molecule has 134 valence electrons. The van der Waals surface area contributed by atoms with Crippen LogP contribution in [0.1, 0.15) is 49.5 Å². The summed E-state index contributed by atoms with van der Waals surface area (Å²) in [5.74, 6) is -0.168. The molecule has 1 unspecified atom stereocenters. The molecule has 2 rings (SSSR count). The summed E-state index contributed by atoms with van der Waals surface area (Å²) >= 11 is 0.683. The van der Waals surface area contributed by atoms with E-state index in [4.69, 9.17) is 9.84 Å². The number of esters is 1. The van der Waals surface area contributed by atoms with Crippen LogP contribution in [0, 0.1) is 0 Å². The fourth-order valence-corrected chi connectivity index (χ4v) is 4.06. The zero-order chi connectivity index (χ0) is 18.1. The molecule has 0 saturated carbocycles. The second-order valence-corrected chi connectivity index (χ2v) is 7.53. The Kier molecular flexibility index (Phi) is 8.70. The Morgan fingerprint density at radius 1 is 1.25 bits per heavy atom. The van der Waals surface area contributed by atoms with E-state index in [1.165, 1.54) is 11.5 Å². The van der Waals surface area contributed by atoms with Gasteiger partial charge in [-0.3, -0.25) is 0 Å². The first-order valence-corrected chi connectivity index (χ1v) is 10.2. The molecule has 1 aliphatic rings. The molecule has 0 radical (unpaired) electrons. The summed E-state index contributed by atoms with van der Waals surface area (Å²) in [6.07, 6.45) is 1.58. The lowest BCUT2D eigenvalue weighted by Crippen LogP contribution is -2.08. The van der Waals surface area contributed by atoms with E-state index in [1.54, 1.807) is 18.4 Å². The number of ether oxygens (including phenoxy) is 1. The summed E-state index contributed by atoms with van der Waals surface area (Å²) in [7, 11) is 0. The molecule has 1 atom stereocenters. The van der Waals surface area contributed by atoms with Gasteiger partial charge in [-0.1, -0.05) is 20.8 Å². The number of thiol groups is 1. The standard InChI is InChI=1S/C8H13NO2S.C8H11NO2S/c1-3-7-6(8(10)11)5-12(4-2)9-7;1-3-6-5-7(12-9-6)8(10)11-4-2/h5,12H,3-4H2,1-2H3,(H,10,11);5H,3-4H2,1-2H3.